The summed E-state index contributed by atoms with van der Waals surface area (Å²) < 4.78 is 1.15. The molecule has 1 N–H and O–H groups in total. The largest absolute Gasteiger partial charge is 0.411 e. The molecule has 0 atom stereocenters. The minimum Gasteiger partial charge on any atom is -0.411 e. The van der Waals surface area contributed by atoms with Gasteiger partial charge in [-0.2, -0.15) is 0 Å². The summed E-state index contributed by atoms with van der Waals surface area (Å²) in [5, 5.41) is 15.6. The lowest BCUT2D eigenvalue weighted by molar-refractivity contribution is 0.319. The summed E-state index contributed by atoms with van der Waals surface area (Å²) in [6.45, 7) is 1.77. The molecule has 1 heterocycles. The molecule has 2 aromatic rings. The summed E-state index contributed by atoms with van der Waals surface area (Å²) in [6.07, 6.45) is 0. The molecule has 0 aliphatic carbocycles. The molecule has 0 aliphatic rings. The van der Waals surface area contributed by atoms with Gasteiger partial charge in [0.25, 0.3) is 0 Å². The van der Waals surface area contributed by atoms with Gasteiger partial charge in [-0.3, -0.25) is 0 Å². The van der Waals surface area contributed by atoms with Crippen LogP contribution in [-0.2, 0) is 0 Å². The van der Waals surface area contributed by atoms with Crippen molar-refractivity contribution in [3.63, 3.8) is 0 Å². The van der Waals surface area contributed by atoms with Gasteiger partial charge in [0.1, 0.15) is 0 Å². The van der Waals surface area contributed by atoms with Gasteiger partial charge in [0.2, 0.25) is 0 Å². The van der Waals surface area contributed by atoms with Crippen LogP contribution in [0.1, 0.15) is 12.5 Å². The molecule has 0 spiro atoms. The van der Waals surface area contributed by atoms with Gasteiger partial charge in [0, 0.05) is 26.1 Å². The standard InChI is InChI=1S/C10H8ClNOS/c1-6(12-13)9-5-14-10-3-2-7(11)4-8(9)10/h2-5,13H,1H3/b12-6-. The SMILES string of the molecule is C/C(=N/O)c1csc2ccc(Cl)cc12. The van der Waals surface area contributed by atoms with Crippen molar-refractivity contribution in [3.8, 4) is 0 Å². The lowest BCUT2D eigenvalue weighted by Gasteiger charge is -1.96. The number of nitrogens with zero attached hydrogens (tertiary/aromatic N) is 1. The average Bonchev–Trinajstić information content (AvgIpc) is 2.59. The van der Waals surface area contributed by atoms with Crippen LogP contribution >= 0.6 is 22.9 Å². The second-order valence-electron chi connectivity index (χ2n) is 2.98. The van der Waals surface area contributed by atoms with E-state index in [1.165, 1.54) is 0 Å². The van der Waals surface area contributed by atoms with Gasteiger partial charge >= 0.3 is 0 Å². The zero-order valence-corrected chi connectivity index (χ0v) is 9.06. The smallest absolute Gasteiger partial charge is 0.0851 e. The second-order valence-corrected chi connectivity index (χ2v) is 4.32. The molecule has 1 aromatic carbocycles. The van der Waals surface area contributed by atoms with Crippen molar-refractivity contribution < 1.29 is 5.21 Å². The minimum atomic E-state index is 0.610. The normalized spacial score (nSPS) is 12.3. The third-order valence-corrected chi connectivity index (χ3v) is 3.27. The third-order valence-electron chi connectivity index (χ3n) is 2.08. The predicted molar refractivity (Wildman–Crippen MR) is 60.8 cm³/mol. The van der Waals surface area contributed by atoms with Crippen molar-refractivity contribution in [2.45, 2.75) is 6.92 Å². The van der Waals surface area contributed by atoms with Gasteiger partial charge in [-0.25, -0.2) is 0 Å². The summed E-state index contributed by atoms with van der Waals surface area (Å²) in [4.78, 5) is 0. The van der Waals surface area contributed by atoms with Gasteiger partial charge in [-0.15, -0.1) is 11.3 Å². The number of benzene rings is 1. The molecule has 0 aliphatic heterocycles. The summed E-state index contributed by atoms with van der Waals surface area (Å²) in [7, 11) is 0. The van der Waals surface area contributed by atoms with E-state index < -0.39 is 0 Å². The molecule has 0 unspecified atom stereocenters. The number of fused-ring (bicyclic) bond motifs is 1. The van der Waals surface area contributed by atoms with E-state index >= 15 is 0 Å². The van der Waals surface area contributed by atoms with Crippen LogP contribution in [0, 0.1) is 0 Å². The maximum atomic E-state index is 8.69. The Labute approximate surface area is 90.4 Å². The van der Waals surface area contributed by atoms with E-state index in [0.29, 0.717) is 10.7 Å². The highest BCUT2D eigenvalue weighted by molar-refractivity contribution is 7.17. The van der Waals surface area contributed by atoms with Gasteiger partial charge < -0.3 is 5.21 Å². The van der Waals surface area contributed by atoms with E-state index in [1.54, 1.807) is 18.3 Å². The molecule has 2 nitrogen and oxygen atoms in total. The predicted octanol–water partition coefficient (Wildman–Crippen LogP) is 3.75. The first-order chi connectivity index (χ1) is 6.72. The van der Waals surface area contributed by atoms with Crippen LogP contribution in [0.2, 0.25) is 5.02 Å². The highest BCUT2D eigenvalue weighted by Crippen LogP contribution is 2.28. The van der Waals surface area contributed by atoms with E-state index in [4.69, 9.17) is 16.8 Å². The molecule has 72 valence electrons. The Morgan fingerprint density at radius 1 is 1.50 bits per heavy atom. The molecule has 0 fully saturated rings. The second kappa shape index (κ2) is 3.59. The quantitative estimate of drug-likeness (QED) is 0.448. The molecule has 4 heteroatoms. The maximum Gasteiger partial charge on any atom is 0.0851 e. The maximum absolute atomic E-state index is 8.69. The monoisotopic (exact) mass is 225 g/mol. The first-order valence-electron chi connectivity index (χ1n) is 4.08. The highest BCUT2D eigenvalue weighted by Gasteiger charge is 2.07. The van der Waals surface area contributed by atoms with Crippen LogP contribution in [0.4, 0.5) is 0 Å². The fourth-order valence-corrected chi connectivity index (χ4v) is 2.49. The molecule has 0 saturated carbocycles. The Kier molecular flexibility index (Phi) is 2.44. The average molecular weight is 226 g/mol. The molecule has 0 radical (unpaired) electrons. The van der Waals surface area contributed by atoms with Crippen molar-refractivity contribution in [1.82, 2.24) is 0 Å². The van der Waals surface area contributed by atoms with Gasteiger partial charge in [0.05, 0.1) is 5.71 Å². The number of thiophene rings is 1. The molecule has 0 bridgehead atoms. The van der Waals surface area contributed by atoms with E-state index in [2.05, 4.69) is 5.16 Å². The van der Waals surface area contributed by atoms with E-state index in [1.807, 2.05) is 23.6 Å². The fraction of sp³-hybridized carbons (Fsp3) is 0.100. The zero-order valence-electron chi connectivity index (χ0n) is 7.49. The van der Waals surface area contributed by atoms with Crippen molar-refractivity contribution in [1.29, 1.82) is 0 Å². The van der Waals surface area contributed by atoms with E-state index in [-0.39, 0.29) is 0 Å². The van der Waals surface area contributed by atoms with Crippen molar-refractivity contribution >= 4 is 38.7 Å². The van der Waals surface area contributed by atoms with Crippen LogP contribution in [-0.4, -0.2) is 10.9 Å². The molecule has 1 aromatic heterocycles. The number of halogens is 1. The van der Waals surface area contributed by atoms with Crippen LogP contribution in [0.3, 0.4) is 0 Å². The Morgan fingerprint density at radius 3 is 3.00 bits per heavy atom. The third kappa shape index (κ3) is 1.49. The lowest BCUT2D eigenvalue weighted by atomic mass is 10.1. The molecule has 0 saturated heterocycles. The Morgan fingerprint density at radius 2 is 2.29 bits per heavy atom. The van der Waals surface area contributed by atoms with Crippen LogP contribution in [0.5, 0.6) is 0 Å². The molecule has 2 rings (SSSR count). The Hall–Kier alpha value is -1.06. The molecule has 0 amide bonds. The van der Waals surface area contributed by atoms with E-state index in [0.717, 1.165) is 15.6 Å². The van der Waals surface area contributed by atoms with Crippen LogP contribution in [0.15, 0.2) is 28.7 Å². The van der Waals surface area contributed by atoms with Crippen LogP contribution < -0.4 is 0 Å². The molecular formula is C10H8ClNOS. The number of hydrogen-bond acceptors (Lipinski definition) is 3. The van der Waals surface area contributed by atoms with Gasteiger partial charge in [0.15, 0.2) is 0 Å². The summed E-state index contributed by atoms with van der Waals surface area (Å²) in [5.41, 5.74) is 1.55. The Bertz CT molecular complexity index is 504. The van der Waals surface area contributed by atoms with Gasteiger partial charge in [-0.05, 0) is 25.1 Å². The number of oxime groups is 1. The number of hydrogen-bond donors (Lipinski definition) is 1. The summed E-state index contributed by atoms with van der Waals surface area (Å²) in [6, 6.07) is 5.71. The first kappa shape index (κ1) is 9.49. The topological polar surface area (TPSA) is 32.6 Å². The van der Waals surface area contributed by atoms with Crippen LogP contribution in [0.25, 0.3) is 10.1 Å². The van der Waals surface area contributed by atoms with Crippen molar-refractivity contribution in [2.24, 2.45) is 5.16 Å². The van der Waals surface area contributed by atoms with Crippen molar-refractivity contribution in [2.75, 3.05) is 0 Å². The molecule has 14 heavy (non-hydrogen) atoms. The fourth-order valence-electron chi connectivity index (χ4n) is 1.34. The Balaban J connectivity index is 2.73. The zero-order chi connectivity index (χ0) is 10.1. The lowest BCUT2D eigenvalue weighted by Crippen LogP contribution is -1.91. The minimum absolute atomic E-state index is 0.610. The molecular weight excluding hydrogens is 218 g/mol. The summed E-state index contributed by atoms with van der Waals surface area (Å²) in [5.74, 6) is 0. The van der Waals surface area contributed by atoms with E-state index in [9.17, 15) is 0 Å². The summed E-state index contributed by atoms with van der Waals surface area (Å²) >= 11 is 7.51. The highest BCUT2D eigenvalue weighted by atomic mass is 35.5. The number of rotatable bonds is 1. The van der Waals surface area contributed by atoms with Crippen molar-refractivity contribution in [3.05, 3.63) is 34.2 Å². The van der Waals surface area contributed by atoms with Gasteiger partial charge in [-0.1, -0.05) is 16.8 Å². The first-order valence-corrected chi connectivity index (χ1v) is 5.34.